The molecular formula is C19H19N5O2. The van der Waals surface area contributed by atoms with E-state index < -0.39 is 0 Å². The van der Waals surface area contributed by atoms with Gasteiger partial charge in [0.05, 0.1) is 19.2 Å². The predicted octanol–water partition coefficient (Wildman–Crippen LogP) is 2.20. The van der Waals surface area contributed by atoms with Crippen LogP contribution in [0.15, 0.2) is 42.7 Å². The number of methoxy groups -OCH3 is 1. The number of benzene rings is 1. The molecule has 4 rings (SSSR count). The van der Waals surface area contributed by atoms with Crippen molar-refractivity contribution in [3.63, 3.8) is 0 Å². The summed E-state index contributed by atoms with van der Waals surface area (Å²) in [6.45, 7) is 3.43. The van der Waals surface area contributed by atoms with Gasteiger partial charge >= 0.3 is 0 Å². The van der Waals surface area contributed by atoms with E-state index in [1.165, 1.54) is 6.33 Å². The molecule has 1 amide bonds. The summed E-state index contributed by atoms with van der Waals surface area (Å²) in [7, 11) is 1.62. The SMILES string of the molecule is COc1cccc(N2CCN(c3ncnc4ccc(C)nc34)CC2=O)c1. The van der Waals surface area contributed by atoms with Crippen molar-refractivity contribution in [2.75, 3.05) is 36.5 Å². The third kappa shape index (κ3) is 2.92. The van der Waals surface area contributed by atoms with Crippen LogP contribution in [0.25, 0.3) is 11.0 Å². The summed E-state index contributed by atoms with van der Waals surface area (Å²) in [5, 5.41) is 0. The fourth-order valence-corrected chi connectivity index (χ4v) is 3.16. The second-order valence-corrected chi connectivity index (χ2v) is 6.19. The van der Waals surface area contributed by atoms with Crippen LogP contribution in [0.1, 0.15) is 5.69 Å². The zero-order valence-corrected chi connectivity index (χ0v) is 14.7. The van der Waals surface area contributed by atoms with Crippen molar-refractivity contribution < 1.29 is 9.53 Å². The highest BCUT2D eigenvalue weighted by Crippen LogP contribution is 2.26. The molecule has 0 spiro atoms. The minimum Gasteiger partial charge on any atom is -0.497 e. The van der Waals surface area contributed by atoms with Gasteiger partial charge in [-0.05, 0) is 31.2 Å². The Morgan fingerprint density at radius 3 is 2.81 bits per heavy atom. The summed E-state index contributed by atoms with van der Waals surface area (Å²) in [4.78, 5) is 29.7. The molecule has 0 bridgehead atoms. The summed E-state index contributed by atoms with van der Waals surface area (Å²) >= 11 is 0. The molecule has 0 radical (unpaired) electrons. The second kappa shape index (κ2) is 6.59. The summed E-state index contributed by atoms with van der Waals surface area (Å²) in [6.07, 6.45) is 1.52. The molecule has 3 aromatic rings. The number of hydrogen-bond acceptors (Lipinski definition) is 6. The molecular weight excluding hydrogens is 330 g/mol. The Kier molecular flexibility index (Phi) is 4.12. The molecule has 0 atom stereocenters. The number of ether oxygens (including phenoxy) is 1. The van der Waals surface area contributed by atoms with Crippen LogP contribution < -0.4 is 14.5 Å². The molecule has 7 heteroatoms. The lowest BCUT2D eigenvalue weighted by molar-refractivity contribution is -0.117. The lowest BCUT2D eigenvalue weighted by atomic mass is 10.2. The molecule has 132 valence electrons. The third-order valence-corrected chi connectivity index (χ3v) is 4.49. The van der Waals surface area contributed by atoms with Gasteiger partial charge in [-0.15, -0.1) is 0 Å². The van der Waals surface area contributed by atoms with E-state index in [2.05, 4.69) is 15.0 Å². The lowest BCUT2D eigenvalue weighted by Crippen LogP contribution is -2.51. The van der Waals surface area contributed by atoms with E-state index in [1.807, 2.05) is 48.2 Å². The predicted molar refractivity (Wildman–Crippen MR) is 99.6 cm³/mol. The molecule has 0 N–H and O–H groups in total. The van der Waals surface area contributed by atoms with E-state index in [-0.39, 0.29) is 12.5 Å². The minimum atomic E-state index is 0.0175. The number of piperazine rings is 1. The summed E-state index contributed by atoms with van der Waals surface area (Å²) in [6, 6.07) is 11.4. The zero-order valence-electron chi connectivity index (χ0n) is 14.7. The number of rotatable bonds is 3. The molecule has 1 aliphatic heterocycles. The number of aromatic nitrogens is 3. The smallest absolute Gasteiger partial charge is 0.246 e. The largest absolute Gasteiger partial charge is 0.497 e. The number of carbonyl (C=O) groups is 1. The molecule has 3 heterocycles. The topological polar surface area (TPSA) is 71.5 Å². The quantitative estimate of drug-likeness (QED) is 0.722. The van der Waals surface area contributed by atoms with Crippen LogP contribution in [-0.2, 0) is 4.79 Å². The molecule has 0 aliphatic carbocycles. The van der Waals surface area contributed by atoms with E-state index in [4.69, 9.17) is 4.74 Å². The van der Waals surface area contributed by atoms with Gasteiger partial charge in [0, 0.05) is 30.5 Å². The molecule has 0 unspecified atom stereocenters. The fraction of sp³-hybridized carbons (Fsp3) is 0.263. The van der Waals surface area contributed by atoms with Gasteiger partial charge in [0.15, 0.2) is 5.82 Å². The molecule has 1 aromatic carbocycles. The van der Waals surface area contributed by atoms with Gasteiger partial charge < -0.3 is 14.5 Å². The first-order chi connectivity index (χ1) is 12.7. The molecule has 7 nitrogen and oxygen atoms in total. The number of hydrogen-bond donors (Lipinski definition) is 0. The first-order valence-electron chi connectivity index (χ1n) is 8.43. The molecule has 1 fully saturated rings. The van der Waals surface area contributed by atoms with Gasteiger partial charge in [0.2, 0.25) is 5.91 Å². The van der Waals surface area contributed by atoms with Crippen molar-refractivity contribution in [1.29, 1.82) is 0 Å². The summed E-state index contributed by atoms with van der Waals surface area (Å²) in [5.74, 6) is 1.46. The number of nitrogens with zero attached hydrogens (tertiary/aromatic N) is 5. The first kappa shape index (κ1) is 16.3. The van der Waals surface area contributed by atoms with Crippen LogP contribution in [0.4, 0.5) is 11.5 Å². The van der Waals surface area contributed by atoms with E-state index in [1.54, 1.807) is 12.0 Å². The highest BCUT2D eigenvalue weighted by atomic mass is 16.5. The Bertz CT molecular complexity index is 975. The van der Waals surface area contributed by atoms with Crippen molar-refractivity contribution >= 4 is 28.4 Å². The Morgan fingerprint density at radius 2 is 2.00 bits per heavy atom. The molecule has 2 aromatic heterocycles. The second-order valence-electron chi connectivity index (χ2n) is 6.19. The van der Waals surface area contributed by atoms with E-state index >= 15 is 0 Å². The van der Waals surface area contributed by atoms with Crippen molar-refractivity contribution in [1.82, 2.24) is 15.0 Å². The van der Waals surface area contributed by atoms with Crippen LogP contribution in [0, 0.1) is 6.92 Å². The number of anilines is 2. The van der Waals surface area contributed by atoms with Gasteiger partial charge in [0.1, 0.15) is 17.6 Å². The maximum atomic E-state index is 12.8. The number of amides is 1. The zero-order chi connectivity index (χ0) is 18.1. The molecule has 26 heavy (non-hydrogen) atoms. The molecule has 0 saturated carbocycles. The maximum absolute atomic E-state index is 12.8. The van der Waals surface area contributed by atoms with Crippen molar-refractivity contribution in [3.05, 3.63) is 48.4 Å². The molecule has 1 aliphatic rings. The maximum Gasteiger partial charge on any atom is 0.246 e. The van der Waals surface area contributed by atoms with Gasteiger partial charge in [0.25, 0.3) is 0 Å². The summed E-state index contributed by atoms with van der Waals surface area (Å²) in [5.41, 5.74) is 3.25. The number of pyridine rings is 1. The standard InChI is InChI=1S/C19H19N5O2/c1-13-6-7-16-18(22-13)19(21-12-20-16)23-8-9-24(17(25)11-23)14-4-3-5-15(10-14)26-2/h3-7,10,12H,8-9,11H2,1-2H3. The summed E-state index contributed by atoms with van der Waals surface area (Å²) < 4.78 is 5.26. The van der Waals surface area contributed by atoms with E-state index in [0.717, 1.165) is 28.2 Å². The lowest BCUT2D eigenvalue weighted by Gasteiger charge is -2.35. The molecule has 1 saturated heterocycles. The van der Waals surface area contributed by atoms with Crippen LogP contribution in [0.3, 0.4) is 0 Å². The van der Waals surface area contributed by atoms with Crippen molar-refractivity contribution in [3.8, 4) is 5.75 Å². The number of fused-ring (bicyclic) bond motifs is 1. The van der Waals surface area contributed by atoms with Gasteiger partial charge in [-0.25, -0.2) is 15.0 Å². The van der Waals surface area contributed by atoms with Gasteiger partial charge in [-0.2, -0.15) is 0 Å². The Morgan fingerprint density at radius 1 is 1.12 bits per heavy atom. The monoisotopic (exact) mass is 349 g/mol. The van der Waals surface area contributed by atoms with E-state index in [9.17, 15) is 4.79 Å². The average molecular weight is 349 g/mol. The van der Waals surface area contributed by atoms with Crippen LogP contribution in [-0.4, -0.2) is 47.6 Å². The van der Waals surface area contributed by atoms with Crippen LogP contribution >= 0.6 is 0 Å². The highest BCUT2D eigenvalue weighted by Gasteiger charge is 2.27. The minimum absolute atomic E-state index is 0.0175. The third-order valence-electron chi connectivity index (χ3n) is 4.49. The van der Waals surface area contributed by atoms with E-state index in [0.29, 0.717) is 18.9 Å². The Labute approximate surface area is 151 Å². The van der Waals surface area contributed by atoms with Crippen molar-refractivity contribution in [2.24, 2.45) is 0 Å². The van der Waals surface area contributed by atoms with Crippen LogP contribution in [0.5, 0.6) is 5.75 Å². The Hall–Kier alpha value is -3.22. The average Bonchev–Trinajstić information content (AvgIpc) is 2.67. The first-order valence-corrected chi connectivity index (χ1v) is 8.43. The van der Waals surface area contributed by atoms with Crippen LogP contribution in [0.2, 0.25) is 0 Å². The number of carbonyl (C=O) groups excluding carboxylic acids is 1. The van der Waals surface area contributed by atoms with Gasteiger partial charge in [-0.1, -0.05) is 6.07 Å². The number of aryl methyl sites for hydroxylation is 1. The van der Waals surface area contributed by atoms with Crippen molar-refractivity contribution in [2.45, 2.75) is 6.92 Å². The van der Waals surface area contributed by atoms with Gasteiger partial charge in [-0.3, -0.25) is 4.79 Å². The highest BCUT2D eigenvalue weighted by molar-refractivity contribution is 5.99. The normalized spacial score (nSPS) is 14.8. The fourth-order valence-electron chi connectivity index (χ4n) is 3.16. The Balaban J connectivity index is 1.61.